The normalized spacial score (nSPS) is 12.8. The van der Waals surface area contributed by atoms with Crippen LogP contribution < -0.4 is 5.32 Å². The number of esters is 1. The molecule has 0 aromatic rings. The van der Waals surface area contributed by atoms with E-state index in [1.165, 1.54) is 225 Å². The highest BCUT2D eigenvalue weighted by molar-refractivity contribution is 5.76. The van der Waals surface area contributed by atoms with Gasteiger partial charge in [-0.25, -0.2) is 0 Å². The third-order valence-corrected chi connectivity index (χ3v) is 13.2. The number of carbonyl (C=O) groups is 2. The molecule has 0 aromatic carbocycles. The van der Waals surface area contributed by atoms with E-state index in [4.69, 9.17) is 4.74 Å². The molecule has 0 rings (SSSR count). The van der Waals surface area contributed by atoms with Gasteiger partial charge in [-0.1, -0.05) is 263 Å². The fraction of sp³-hybridized carbons (Fsp3) is 0.897. The second-order valence-corrected chi connectivity index (χ2v) is 19.6. The molecule has 0 heterocycles. The third kappa shape index (κ3) is 49.8. The number of nitrogens with one attached hydrogen (secondary N) is 1. The van der Waals surface area contributed by atoms with Crippen LogP contribution in [0.4, 0.5) is 0 Å². The summed E-state index contributed by atoms with van der Waals surface area (Å²) in [5.41, 5.74) is 0. The van der Waals surface area contributed by atoms with Gasteiger partial charge in [0.25, 0.3) is 0 Å². The SMILES string of the molecule is CCCCCCCC/C=C\CCCCCCCCCCCC(=O)OCCCCCCCCCCCCCCCCC(=O)NC(CO)C(O)/C=C/CCCCCCCCCCCCCC. The largest absolute Gasteiger partial charge is 0.466 e. The molecule has 2 unspecified atom stereocenters. The van der Waals surface area contributed by atoms with Gasteiger partial charge in [0.05, 0.1) is 25.4 Å². The van der Waals surface area contributed by atoms with Crippen LogP contribution in [0, 0.1) is 0 Å². The molecule has 0 spiro atoms. The quantitative estimate of drug-likeness (QED) is 0.0321. The van der Waals surface area contributed by atoms with Gasteiger partial charge in [0.1, 0.15) is 0 Å². The van der Waals surface area contributed by atoms with Gasteiger partial charge in [-0.05, 0) is 57.8 Å². The van der Waals surface area contributed by atoms with Crippen LogP contribution in [0.25, 0.3) is 0 Å². The molecule has 6 heteroatoms. The molecule has 0 bridgehead atoms. The Morgan fingerprint density at radius 3 is 1.11 bits per heavy atom. The van der Waals surface area contributed by atoms with Crippen molar-refractivity contribution in [2.45, 2.75) is 321 Å². The van der Waals surface area contributed by atoms with E-state index in [9.17, 15) is 19.8 Å². The zero-order valence-corrected chi connectivity index (χ0v) is 43.0. The van der Waals surface area contributed by atoms with Crippen molar-refractivity contribution in [2.75, 3.05) is 13.2 Å². The van der Waals surface area contributed by atoms with Crippen LogP contribution >= 0.6 is 0 Å². The molecule has 0 aliphatic carbocycles. The summed E-state index contributed by atoms with van der Waals surface area (Å²) in [6.07, 6.45) is 64.8. The summed E-state index contributed by atoms with van der Waals surface area (Å²) in [5, 5.41) is 23.1. The summed E-state index contributed by atoms with van der Waals surface area (Å²) >= 11 is 0. The fourth-order valence-electron chi connectivity index (χ4n) is 8.81. The summed E-state index contributed by atoms with van der Waals surface area (Å²) in [4.78, 5) is 24.5. The topological polar surface area (TPSA) is 95.9 Å². The van der Waals surface area contributed by atoms with Crippen molar-refractivity contribution in [3.8, 4) is 0 Å². The first-order valence-electron chi connectivity index (χ1n) is 28.6. The molecule has 0 aromatic heterocycles. The number of unbranched alkanes of at least 4 members (excludes halogenated alkanes) is 40. The minimum atomic E-state index is -0.851. The van der Waals surface area contributed by atoms with Gasteiger partial charge < -0.3 is 20.3 Å². The van der Waals surface area contributed by atoms with Crippen molar-refractivity contribution in [1.82, 2.24) is 5.32 Å². The predicted molar refractivity (Wildman–Crippen MR) is 278 cm³/mol. The van der Waals surface area contributed by atoms with Gasteiger partial charge in [-0.3, -0.25) is 9.59 Å². The number of hydrogen-bond donors (Lipinski definition) is 3. The van der Waals surface area contributed by atoms with Gasteiger partial charge in [-0.15, -0.1) is 0 Å². The van der Waals surface area contributed by atoms with Crippen molar-refractivity contribution in [1.29, 1.82) is 0 Å². The van der Waals surface area contributed by atoms with Crippen LogP contribution in [0.1, 0.15) is 309 Å². The number of aliphatic hydroxyl groups excluding tert-OH is 2. The van der Waals surface area contributed by atoms with Crippen molar-refractivity contribution in [2.24, 2.45) is 0 Å². The Labute approximate surface area is 399 Å². The van der Waals surface area contributed by atoms with Crippen LogP contribution in [-0.2, 0) is 14.3 Å². The number of carbonyl (C=O) groups excluding carboxylic acids is 2. The summed E-state index contributed by atoms with van der Waals surface area (Å²) in [7, 11) is 0. The Hall–Kier alpha value is -1.66. The van der Waals surface area contributed by atoms with Crippen molar-refractivity contribution in [3.63, 3.8) is 0 Å². The monoisotopic (exact) mass is 902 g/mol. The van der Waals surface area contributed by atoms with E-state index in [1.807, 2.05) is 6.08 Å². The van der Waals surface area contributed by atoms with Gasteiger partial charge in [0.2, 0.25) is 5.91 Å². The van der Waals surface area contributed by atoms with E-state index in [0.717, 1.165) is 57.8 Å². The highest BCUT2D eigenvalue weighted by Crippen LogP contribution is 2.16. The second kappa shape index (κ2) is 54.0. The summed E-state index contributed by atoms with van der Waals surface area (Å²) in [6.45, 7) is 4.88. The first-order chi connectivity index (χ1) is 31.5. The molecule has 3 N–H and O–H groups in total. The zero-order valence-electron chi connectivity index (χ0n) is 43.0. The van der Waals surface area contributed by atoms with Crippen LogP contribution in [0.2, 0.25) is 0 Å². The maximum atomic E-state index is 12.4. The maximum Gasteiger partial charge on any atom is 0.305 e. The van der Waals surface area contributed by atoms with Crippen molar-refractivity contribution < 1.29 is 24.5 Å². The lowest BCUT2D eigenvalue weighted by Gasteiger charge is -2.20. The lowest BCUT2D eigenvalue weighted by Crippen LogP contribution is -2.45. The van der Waals surface area contributed by atoms with Gasteiger partial charge >= 0.3 is 5.97 Å². The average Bonchev–Trinajstić information content (AvgIpc) is 3.29. The molecule has 0 aliphatic heterocycles. The Morgan fingerprint density at radius 1 is 0.422 bits per heavy atom. The lowest BCUT2D eigenvalue weighted by molar-refractivity contribution is -0.143. The van der Waals surface area contributed by atoms with Crippen molar-refractivity contribution >= 4 is 11.9 Å². The molecule has 1 amide bonds. The summed E-state index contributed by atoms with van der Waals surface area (Å²) < 4.78 is 5.48. The first kappa shape index (κ1) is 62.3. The third-order valence-electron chi connectivity index (χ3n) is 13.2. The van der Waals surface area contributed by atoms with Gasteiger partial charge in [-0.2, -0.15) is 0 Å². The van der Waals surface area contributed by atoms with E-state index in [0.29, 0.717) is 19.4 Å². The number of ether oxygens (including phenoxy) is 1. The van der Waals surface area contributed by atoms with Crippen LogP contribution in [-0.4, -0.2) is 47.4 Å². The number of hydrogen-bond acceptors (Lipinski definition) is 5. The predicted octanol–water partition coefficient (Wildman–Crippen LogP) is 17.5. The summed E-state index contributed by atoms with van der Waals surface area (Å²) in [6, 6.07) is -0.635. The molecule has 6 nitrogen and oxygen atoms in total. The van der Waals surface area contributed by atoms with Gasteiger partial charge in [0, 0.05) is 12.8 Å². The van der Waals surface area contributed by atoms with E-state index in [-0.39, 0.29) is 18.5 Å². The Morgan fingerprint density at radius 2 is 0.734 bits per heavy atom. The molecule has 64 heavy (non-hydrogen) atoms. The molecule has 0 saturated carbocycles. The van der Waals surface area contributed by atoms with E-state index >= 15 is 0 Å². The minimum absolute atomic E-state index is 0.00374. The molecular weight excluding hydrogens is 791 g/mol. The zero-order chi connectivity index (χ0) is 46.5. The molecule has 0 saturated heterocycles. The lowest BCUT2D eigenvalue weighted by atomic mass is 10.0. The van der Waals surface area contributed by atoms with E-state index in [1.54, 1.807) is 6.08 Å². The molecule has 0 radical (unpaired) electrons. The fourth-order valence-corrected chi connectivity index (χ4v) is 8.81. The molecule has 0 aliphatic rings. The van der Waals surface area contributed by atoms with Crippen molar-refractivity contribution in [3.05, 3.63) is 24.3 Å². The van der Waals surface area contributed by atoms with Crippen LogP contribution in [0.3, 0.4) is 0 Å². The number of rotatable bonds is 53. The Bertz CT molecular complexity index is 997. The number of aliphatic hydroxyl groups is 2. The molecule has 378 valence electrons. The minimum Gasteiger partial charge on any atom is -0.466 e. The number of allylic oxidation sites excluding steroid dienone is 3. The Kier molecular flexibility index (Phi) is 52.6. The first-order valence-corrected chi connectivity index (χ1v) is 28.6. The summed E-state index contributed by atoms with van der Waals surface area (Å²) in [5.74, 6) is -0.0814. The maximum absolute atomic E-state index is 12.4. The van der Waals surface area contributed by atoms with E-state index in [2.05, 4.69) is 31.3 Å². The van der Waals surface area contributed by atoms with Gasteiger partial charge in [0.15, 0.2) is 0 Å². The van der Waals surface area contributed by atoms with Crippen LogP contribution in [0.15, 0.2) is 24.3 Å². The smallest absolute Gasteiger partial charge is 0.305 e. The second-order valence-electron chi connectivity index (χ2n) is 19.6. The van der Waals surface area contributed by atoms with E-state index < -0.39 is 12.1 Å². The highest BCUT2D eigenvalue weighted by atomic mass is 16.5. The average molecular weight is 903 g/mol. The number of amides is 1. The molecule has 0 fully saturated rings. The molecular formula is C58H111NO5. The molecule has 2 atom stereocenters. The Balaban J connectivity index is 3.44. The van der Waals surface area contributed by atoms with Crippen LogP contribution in [0.5, 0.6) is 0 Å². The highest BCUT2D eigenvalue weighted by Gasteiger charge is 2.18. The standard InChI is InChI=1S/C58H111NO5/c1-3-5-7-9-11-13-15-17-19-20-21-22-23-28-32-36-40-44-48-52-58(63)64-53-49-45-41-37-33-29-25-24-27-31-35-39-43-47-51-57(62)59-55(54-60)56(61)50-46-42-38-34-30-26-18-16-14-12-10-8-6-4-2/h17,19,46,50,55-56,60-61H,3-16,18,20-45,47-49,51-54H2,1-2H3,(H,59,62)/b19-17-,50-46+.